The minimum Gasteiger partial charge on any atom is -0.507 e. The van der Waals surface area contributed by atoms with E-state index in [2.05, 4.69) is 118 Å². The third kappa shape index (κ3) is 13.9. The lowest BCUT2D eigenvalue weighted by atomic mass is 9.81. The summed E-state index contributed by atoms with van der Waals surface area (Å²) in [4.78, 5) is 105. The fourth-order valence-corrected chi connectivity index (χ4v) is 7.76. The molecular weight excluding hydrogens is 949 g/mol. The van der Waals surface area contributed by atoms with Gasteiger partial charge < -0.3 is 64.2 Å². The van der Waals surface area contributed by atoms with E-state index < -0.39 is 106 Å². The summed E-state index contributed by atoms with van der Waals surface area (Å²) in [6, 6.07) is 0.754. The van der Waals surface area contributed by atoms with E-state index in [9.17, 15) is 48.6 Å². The maximum atomic E-state index is 14.0. The summed E-state index contributed by atoms with van der Waals surface area (Å²) in [5.74, 6) is -7.51. The van der Waals surface area contributed by atoms with Crippen molar-refractivity contribution in [2.45, 2.75) is 24.2 Å². The van der Waals surface area contributed by atoms with E-state index in [1.54, 1.807) is 0 Å². The summed E-state index contributed by atoms with van der Waals surface area (Å²) in [5.41, 5.74) is 10.4. The summed E-state index contributed by atoms with van der Waals surface area (Å²) in [7, 11) is 0. The fourth-order valence-electron chi connectivity index (χ4n) is 6.10. The number of phenols is 2. The number of hydrogen-bond donors (Lipinski definition) is 18. The van der Waals surface area contributed by atoms with Crippen molar-refractivity contribution in [3.63, 3.8) is 0 Å². The zero-order valence-corrected chi connectivity index (χ0v) is 39.6. The predicted octanol–water partition coefficient (Wildman–Crippen LogP) is -2.40. The van der Waals surface area contributed by atoms with E-state index in [1.165, 1.54) is 12.1 Å². The molecule has 0 radical (unpaired) electrons. The zero-order chi connectivity index (χ0) is 47.7. The first kappa shape index (κ1) is 54.2. The average Bonchev–Trinajstić information content (AvgIpc) is 3.28. The summed E-state index contributed by atoms with van der Waals surface area (Å²) < 4.78 is 0. The van der Waals surface area contributed by atoms with Crippen molar-refractivity contribution in [2.75, 3.05) is 84.4 Å². The molecule has 20 nitrogen and oxygen atoms in total. The van der Waals surface area contributed by atoms with Crippen LogP contribution in [0.1, 0.15) is 31.8 Å². The summed E-state index contributed by atoms with van der Waals surface area (Å²) in [6.45, 7) is -0.0696. The normalized spacial score (nSPS) is 14.6. The second-order valence-electron chi connectivity index (χ2n) is 14.1. The molecule has 0 fully saturated rings. The van der Waals surface area contributed by atoms with Crippen LogP contribution in [0.4, 0.5) is 11.4 Å². The Morgan fingerprint density at radius 3 is 1.06 bits per heavy atom. The molecular formula is C38H54N10O10S6. The molecule has 64 heavy (non-hydrogen) atoms. The van der Waals surface area contributed by atoms with Crippen molar-refractivity contribution < 1.29 is 48.6 Å². The fraction of sp³-hybridized carbons (Fsp3) is 0.474. The Kier molecular flexibility index (Phi) is 22.6. The molecule has 0 saturated heterocycles. The van der Waals surface area contributed by atoms with Crippen LogP contribution in [0.5, 0.6) is 11.5 Å². The summed E-state index contributed by atoms with van der Waals surface area (Å²) in [5, 5.41) is 42.8. The van der Waals surface area contributed by atoms with Crippen molar-refractivity contribution in [1.82, 2.24) is 31.9 Å². The molecule has 6 amide bonds. The zero-order valence-electron chi connectivity index (χ0n) is 34.3. The minimum absolute atomic E-state index is 0.00205. The van der Waals surface area contributed by atoms with Crippen LogP contribution < -0.4 is 54.0 Å². The van der Waals surface area contributed by atoms with Gasteiger partial charge in [0.25, 0.3) is 0 Å². The van der Waals surface area contributed by atoms with Crippen LogP contribution in [0.2, 0.25) is 0 Å². The van der Waals surface area contributed by atoms with Crippen molar-refractivity contribution in [2.24, 2.45) is 23.3 Å². The van der Waals surface area contributed by atoms with Crippen LogP contribution in [-0.2, 0) is 28.8 Å². The Labute approximate surface area is 402 Å². The lowest BCUT2D eigenvalue weighted by molar-refractivity contribution is -0.132. The van der Waals surface area contributed by atoms with Gasteiger partial charge in [0.15, 0.2) is 0 Å². The van der Waals surface area contributed by atoms with Crippen molar-refractivity contribution in [3.8, 4) is 11.5 Å². The Balaban J connectivity index is 1.71. The van der Waals surface area contributed by atoms with Crippen LogP contribution >= 0.6 is 75.8 Å². The molecule has 6 unspecified atom stereocenters. The van der Waals surface area contributed by atoms with Crippen LogP contribution in [0.25, 0.3) is 0 Å². The molecule has 0 saturated carbocycles. The van der Waals surface area contributed by atoms with E-state index in [0.717, 1.165) is 12.1 Å². The first-order valence-corrected chi connectivity index (χ1v) is 23.5. The van der Waals surface area contributed by atoms with E-state index in [1.807, 2.05) is 0 Å². The number of carbonyl (C=O) groups is 8. The van der Waals surface area contributed by atoms with Gasteiger partial charge in [-0.3, -0.25) is 38.4 Å². The van der Waals surface area contributed by atoms with Crippen LogP contribution in [0, 0.1) is 11.8 Å². The number of ketones is 2. The molecule has 6 atom stereocenters. The van der Waals surface area contributed by atoms with E-state index >= 15 is 0 Å². The van der Waals surface area contributed by atoms with Crippen LogP contribution in [0.3, 0.4) is 0 Å². The van der Waals surface area contributed by atoms with Crippen molar-refractivity contribution >= 4 is 134 Å². The van der Waals surface area contributed by atoms with Gasteiger partial charge in [-0.25, -0.2) is 0 Å². The van der Waals surface area contributed by atoms with E-state index in [-0.39, 0.29) is 96.3 Å². The second-order valence-corrected chi connectivity index (χ2v) is 16.3. The van der Waals surface area contributed by atoms with Crippen molar-refractivity contribution in [3.05, 3.63) is 46.5 Å². The van der Waals surface area contributed by atoms with E-state index in [0.29, 0.717) is 0 Å². The number of aromatic hydroxyl groups is 2. The lowest BCUT2D eigenvalue weighted by Gasteiger charge is -2.25. The highest BCUT2D eigenvalue weighted by Crippen LogP contribution is 2.42. The highest BCUT2D eigenvalue weighted by Gasteiger charge is 2.38. The van der Waals surface area contributed by atoms with Crippen molar-refractivity contribution in [1.29, 1.82) is 0 Å². The molecule has 3 rings (SSSR count). The van der Waals surface area contributed by atoms with Gasteiger partial charge in [-0.1, -0.05) is 0 Å². The minimum atomic E-state index is -1.11. The summed E-state index contributed by atoms with van der Waals surface area (Å²) >= 11 is 24.8. The quantitative estimate of drug-likeness (QED) is 0.0227. The molecule has 14 N–H and O–H groups in total. The smallest absolute Gasteiger partial charge is 0.244 e. The number of carbonyl (C=O) groups excluding carboxylic acids is 8. The molecule has 1 aliphatic carbocycles. The van der Waals surface area contributed by atoms with Gasteiger partial charge in [-0.2, -0.15) is 75.8 Å². The SMILES string of the molecule is NCC(CS)C(=O)NC(CS)C(=O)NC(CS)C(=O)NCCNc1ccc(NCCNC(=O)C(CS)NC(=O)C(CS)NC(=O)C(CN)CS)c2c1C(=O)c1c(O)ccc(O)c1C2=O. The van der Waals surface area contributed by atoms with E-state index in [4.69, 9.17) is 11.5 Å². The van der Waals surface area contributed by atoms with Crippen LogP contribution in [0.15, 0.2) is 24.3 Å². The van der Waals surface area contributed by atoms with Gasteiger partial charge in [0.05, 0.1) is 34.1 Å². The standard InChI is InChI=1S/C38H54N10O10S6/c39-9-17(11-59)33(53)45-23(15-63)37(57)47-21(13-61)35(55)43-7-5-41-19-1-2-20(28-27(19)31(51)29-25(49)3-4-26(50)30(29)32(28)52)42-6-8-44-36(56)22(14-62)48-38(58)24(16-64)46-34(54)18(10-40)12-60/h1-4,17-18,21-24,41-42,49-50,59-64H,5-16,39-40H2,(H,43,55)(H,44,56)(H,45,53)(H,46,54)(H,47,57)(H,48,58). The molecule has 0 aliphatic heterocycles. The molecule has 0 aromatic heterocycles. The topological polar surface area (TPSA) is 325 Å². The highest BCUT2D eigenvalue weighted by atomic mass is 32.1. The van der Waals surface area contributed by atoms with Gasteiger partial charge in [0, 0.05) is 85.2 Å². The third-order valence-corrected chi connectivity index (χ3v) is 12.1. The number of hydrogen-bond acceptors (Lipinski definition) is 20. The number of thiol groups is 6. The Morgan fingerprint density at radius 1 is 0.453 bits per heavy atom. The first-order valence-electron chi connectivity index (χ1n) is 19.7. The van der Waals surface area contributed by atoms with Gasteiger partial charge in [-0.05, 0) is 24.3 Å². The molecule has 0 bridgehead atoms. The number of rotatable bonds is 26. The van der Waals surface area contributed by atoms with Gasteiger partial charge >= 0.3 is 0 Å². The van der Waals surface area contributed by atoms with Gasteiger partial charge in [-0.15, -0.1) is 0 Å². The van der Waals surface area contributed by atoms with Crippen LogP contribution in [-0.4, -0.2) is 155 Å². The molecule has 2 aromatic rings. The summed E-state index contributed by atoms with van der Waals surface area (Å²) in [6.07, 6.45) is 0. The number of amides is 6. The number of nitrogens with two attached hydrogens (primary N) is 2. The third-order valence-electron chi connectivity index (χ3n) is 9.77. The maximum absolute atomic E-state index is 14.0. The van der Waals surface area contributed by atoms with Gasteiger partial charge in [0.1, 0.15) is 35.7 Å². The number of benzene rings is 2. The molecule has 26 heteroatoms. The largest absolute Gasteiger partial charge is 0.507 e. The molecule has 1 aliphatic rings. The Hall–Kier alpha value is -4.18. The molecule has 352 valence electrons. The lowest BCUT2D eigenvalue weighted by Crippen LogP contribution is -2.56. The maximum Gasteiger partial charge on any atom is 0.244 e. The monoisotopic (exact) mass is 1000 g/mol. The molecule has 0 heterocycles. The Bertz CT molecular complexity index is 1910. The molecule has 2 aromatic carbocycles. The average molecular weight is 1000 g/mol. The highest BCUT2D eigenvalue weighted by molar-refractivity contribution is 7.81. The number of phenolic OH excluding ortho intramolecular Hbond substituents is 2. The predicted molar refractivity (Wildman–Crippen MR) is 262 cm³/mol. The number of fused-ring (bicyclic) bond motifs is 2. The second kappa shape index (κ2) is 26.7. The molecule has 0 spiro atoms. The number of nitrogens with one attached hydrogen (secondary N) is 8. The first-order chi connectivity index (χ1) is 30.6. The Morgan fingerprint density at radius 2 is 0.766 bits per heavy atom. The number of anilines is 2. The van der Waals surface area contributed by atoms with Gasteiger partial charge in [0.2, 0.25) is 47.0 Å².